The molecule has 0 atom stereocenters. The van der Waals surface area contributed by atoms with E-state index in [2.05, 4.69) is 83.4 Å². The van der Waals surface area contributed by atoms with Gasteiger partial charge in [0.2, 0.25) is 5.95 Å². The summed E-state index contributed by atoms with van der Waals surface area (Å²) in [5.74, 6) is 0.0177. The van der Waals surface area contributed by atoms with Crippen LogP contribution in [0.3, 0.4) is 0 Å². The second kappa shape index (κ2) is 11.7. The van der Waals surface area contributed by atoms with E-state index in [-0.39, 0.29) is 28.5 Å². The lowest BCUT2D eigenvalue weighted by Gasteiger charge is -2.11. The molecule has 4 heterocycles. The summed E-state index contributed by atoms with van der Waals surface area (Å²) in [6.45, 7) is 0. The van der Waals surface area contributed by atoms with Gasteiger partial charge in [-0.15, -0.1) is 11.3 Å². The predicted octanol–water partition coefficient (Wildman–Crippen LogP) is 13.5. The Balaban J connectivity index is 1.17. The molecule has 256 valence electrons. The first-order chi connectivity index (χ1) is 31.4. The Morgan fingerprint density at radius 1 is 0.455 bits per heavy atom. The first kappa shape index (κ1) is 22.2. The summed E-state index contributed by atoms with van der Waals surface area (Å²) < 4.78 is 92.1. The fourth-order valence-electron chi connectivity index (χ4n) is 8.10. The fourth-order valence-corrected chi connectivity index (χ4v) is 9.37. The zero-order valence-corrected chi connectivity index (χ0v) is 29.6. The number of nitrogens with zero attached hydrogens (tertiary/aromatic N) is 4. The van der Waals surface area contributed by atoms with Crippen molar-refractivity contribution in [3.63, 3.8) is 0 Å². The molecule has 0 aliphatic carbocycles. The molecule has 0 aliphatic heterocycles. The van der Waals surface area contributed by atoms with Crippen molar-refractivity contribution in [3.8, 4) is 34.2 Å². The van der Waals surface area contributed by atoms with Crippen LogP contribution in [0.2, 0.25) is 0 Å². The van der Waals surface area contributed by atoms with Crippen LogP contribution in [0.4, 0.5) is 0 Å². The van der Waals surface area contributed by atoms with Crippen LogP contribution >= 0.6 is 11.3 Å². The topological polar surface area (TPSA) is 35.6 Å². The minimum Gasteiger partial charge on any atom is -0.309 e. The molecule has 5 heteroatoms. The van der Waals surface area contributed by atoms with E-state index in [9.17, 15) is 0 Å². The quantitative estimate of drug-likeness (QED) is 0.181. The largest absolute Gasteiger partial charge is 0.309 e. The number of aromatic nitrogens is 4. The van der Waals surface area contributed by atoms with Crippen molar-refractivity contribution in [3.05, 3.63) is 182 Å². The van der Waals surface area contributed by atoms with Crippen LogP contribution in [0.25, 0.3) is 109 Å². The van der Waals surface area contributed by atoms with Crippen LogP contribution < -0.4 is 0 Å². The van der Waals surface area contributed by atoms with E-state index in [0.29, 0.717) is 11.0 Å². The zero-order valence-electron chi connectivity index (χ0n) is 38.7. The third-order valence-electron chi connectivity index (χ3n) is 10.5. The molecule has 0 fully saturated rings. The van der Waals surface area contributed by atoms with Crippen molar-refractivity contribution in [1.82, 2.24) is 19.1 Å². The molecule has 55 heavy (non-hydrogen) atoms. The molecule has 0 unspecified atom stereocenters. The first-order valence-electron chi connectivity index (χ1n) is 22.8. The summed E-state index contributed by atoms with van der Waals surface area (Å²) >= 11 is 1.68. The molecule has 12 rings (SSSR count). The van der Waals surface area contributed by atoms with Gasteiger partial charge >= 0.3 is 0 Å². The summed E-state index contributed by atoms with van der Waals surface area (Å²) in [6, 6.07) is 35.6. The SMILES string of the molecule is [2H]c1c([2H])c([2H])c(-c2cc(-c3c([2H])c([2H])c([2H])c([2H])c3[2H])nc(-n3c4ccccc4c4c5sc6cc7c(cc6c5ccc43)c3cc4ccccc4cc3n7-c3ccccc3)n2)c([2H])c1[2H]. The summed E-state index contributed by atoms with van der Waals surface area (Å²) in [6.07, 6.45) is 0. The van der Waals surface area contributed by atoms with Crippen LogP contribution in [0.5, 0.6) is 0 Å². The Morgan fingerprint density at radius 3 is 1.84 bits per heavy atom. The lowest BCUT2D eigenvalue weighted by molar-refractivity contribution is 0.996. The predicted molar refractivity (Wildman–Crippen MR) is 232 cm³/mol. The van der Waals surface area contributed by atoms with E-state index in [1.54, 1.807) is 11.3 Å². The van der Waals surface area contributed by atoms with Crippen molar-refractivity contribution in [2.24, 2.45) is 0 Å². The Hall–Kier alpha value is -7.08. The third-order valence-corrected chi connectivity index (χ3v) is 11.7. The van der Waals surface area contributed by atoms with Gasteiger partial charge in [0.05, 0.1) is 47.2 Å². The molecular formula is C50H30N4S. The van der Waals surface area contributed by atoms with Gasteiger partial charge in [-0.25, -0.2) is 9.97 Å². The maximum atomic E-state index is 8.86. The second-order valence-corrected chi connectivity index (χ2v) is 14.5. The van der Waals surface area contributed by atoms with Crippen molar-refractivity contribution >= 4 is 85.9 Å². The van der Waals surface area contributed by atoms with Gasteiger partial charge in [0, 0.05) is 58.5 Å². The molecule has 12 aromatic rings. The highest BCUT2D eigenvalue weighted by atomic mass is 32.1. The van der Waals surface area contributed by atoms with E-state index in [1.807, 2.05) is 41.0 Å². The van der Waals surface area contributed by atoms with Crippen molar-refractivity contribution in [2.75, 3.05) is 0 Å². The number of fused-ring (bicyclic) bond motifs is 11. The van der Waals surface area contributed by atoms with E-state index in [0.717, 1.165) is 69.2 Å². The lowest BCUT2D eigenvalue weighted by Crippen LogP contribution is -2.03. The molecule has 0 N–H and O–H groups in total. The maximum absolute atomic E-state index is 8.86. The Bertz CT molecular complexity index is 3940. The molecule has 8 aromatic carbocycles. The highest BCUT2D eigenvalue weighted by molar-refractivity contribution is 7.26. The minimum absolute atomic E-state index is 0.0177. The Kier molecular flexibility index (Phi) is 4.73. The van der Waals surface area contributed by atoms with Gasteiger partial charge in [-0.1, -0.05) is 127 Å². The van der Waals surface area contributed by atoms with Crippen LogP contribution in [0.1, 0.15) is 13.7 Å². The van der Waals surface area contributed by atoms with Gasteiger partial charge in [-0.3, -0.25) is 4.57 Å². The number of para-hydroxylation sites is 2. The van der Waals surface area contributed by atoms with Gasteiger partial charge < -0.3 is 4.57 Å². The van der Waals surface area contributed by atoms with Crippen molar-refractivity contribution in [2.45, 2.75) is 0 Å². The van der Waals surface area contributed by atoms with E-state index in [1.165, 1.54) is 6.07 Å². The van der Waals surface area contributed by atoms with Gasteiger partial charge in [-0.05, 0) is 65.4 Å². The number of hydrogen-bond donors (Lipinski definition) is 0. The van der Waals surface area contributed by atoms with Gasteiger partial charge in [0.25, 0.3) is 0 Å². The van der Waals surface area contributed by atoms with E-state index < -0.39 is 60.4 Å². The number of thiophene rings is 1. The summed E-state index contributed by atoms with van der Waals surface area (Å²) in [4.78, 5) is 9.80. The summed E-state index contributed by atoms with van der Waals surface area (Å²) in [5, 5.41) is 8.55. The summed E-state index contributed by atoms with van der Waals surface area (Å²) in [5.41, 5.74) is 4.09. The maximum Gasteiger partial charge on any atom is 0.235 e. The standard InChI is InChI=1S/C50H30N4S/c1-4-14-31(15-5-1)41-29-42(32-16-6-2-7-17-32)52-50(51-41)54-43-23-13-12-22-37(43)48-44(54)25-24-36-40-28-39-38-26-33-18-10-11-19-34(33)27-45(38)53(35-20-8-3-9-21-35)46(39)30-47(40)55-49(36)48/h1-30H/i1D,2D,4D,5D,6D,7D,14D,15D,16D,17D. The van der Waals surface area contributed by atoms with Crippen LogP contribution in [-0.2, 0) is 0 Å². The molecule has 0 amide bonds. The molecule has 0 saturated heterocycles. The van der Waals surface area contributed by atoms with Crippen molar-refractivity contribution in [1.29, 1.82) is 0 Å². The average molecular weight is 729 g/mol. The zero-order chi connectivity index (χ0) is 44.7. The molecule has 0 spiro atoms. The molecule has 0 saturated carbocycles. The smallest absolute Gasteiger partial charge is 0.235 e. The Labute approximate surface area is 333 Å². The molecule has 0 aliphatic rings. The number of rotatable bonds is 4. The van der Waals surface area contributed by atoms with Gasteiger partial charge in [0.1, 0.15) is 0 Å². The summed E-state index contributed by atoms with van der Waals surface area (Å²) in [7, 11) is 0. The van der Waals surface area contributed by atoms with Crippen molar-refractivity contribution < 1.29 is 13.7 Å². The molecule has 4 nitrogen and oxygen atoms in total. The molecule has 4 aromatic heterocycles. The fraction of sp³-hybridized carbons (Fsp3) is 0. The third kappa shape index (κ3) is 4.57. The highest BCUT2D eigenvalue weighted by Crippen LogP contribution is 2.46. The number of hydrogen-bond acceptors (Lipinski definition) is 3. The Morgan fingerprint density at radius 2 is 1.09 bits per heavy atom. The molecular weight excluding hydrogens is 689 g/mol. The van der Waals surface area contributed by atoms with Gasteiger partial charge in [0.15, 0.2) is 0 Å². The first-order valence-corrected chi connectivity index (χ1v) is 18.6. The second-order valence-electron chi connectivity index (χ2n) is 13.5. The molecule has 0 bridgehead atoms. The highest BCUT2D eigenvalue weighted by Gasteiger charge is 2.22. The molecule has 0 radical (unpaired) electrons. The van der Waals surface area contributed by atoms with Crippen LogP contribution in [0.15, 0.2) is 182 Å². The van der Waals surface area contributed by atoms with Gasteiger partial charge in [-0.2, -0.15) is 0 Å². The van der Waals surface area contributed by atoms with E-state index >= 15 is 0 Å². The minimum atomic E-state index is -0.575. The lowest BCUT2D eigenvalue weighted by atomic mass is 10.0. The number of benzene rings is 8. The average Bonchev–Trinajstić information content (AvgIpc) is 3.97. The van der Waals surface area contributed by atoms with Crippen LogP contribution in [0, 0.1) is 0 Å². The monoisotopic (exact) mass is 728 g/mol. The van der Waals surface area contributed by atoms with E-state index in [4.69, 9.17) is 23.7 Å². The normalized spacial score (nSPS) is 14.5. The van der Waals surface area contributed by atoms with Crippen LogP contribution in [-0.4, -0.2) is 19.1 Å².